The topological polar surface area (TPSA) is 86.1 Å². The van der Waals surface area contributed by atoms with Crippen LogP contribution < -0.4 is 5.32 Å². The zero-order valence-corrected chi connectivity index (χ0v) is 16.5. The lowest BCUT2D eigenvalue weighted by atomic mass is 10.2. The van der Waals surface area contributed by atoms with Crippen molar-refractivity contribution in [3.63, 3.8) is 0 Å². The lowest BCUT2D eigenvalue weighted by Crippen LogP contribution is -2.28. The number of carbonyl (C=O) groups is 2. The lowest BCUT2D eigenvalue weighted by molar-refractivity contribution is -0.124. The summed E-state index contributed by atoms with van der Waals surface area (Å²) in [5.74, 6) is -1.28. The Morgan fingerprint density at radius 3 is 2.55 bits per heavy atom. The van der Waals surface area contributed by atoms with E-state index in [0.29, 0.717) is 11.4 Å². The summed E-state index contributed by atoms with van der Waals surface area (Å²) < 4.78 is 19.5. The van der Waals surface area contributed by atoms with Crippen molar-refractivity contribution < 1.29 is 18.7 Å². The molecule has 2 heterocycles. The molecule has 0 saturated carbocycles. The minimum atomic E-state index is -0.824. The van der Waals surface area contributed by atoms with Gasteiger partial charge in [0.2, 0.25) is 0 Å². The van der Waals surface area contributed by atoms with Gasteiger partial charge in [0.05, 0.1) is 10.7 Å². The number of esters is 1. The molecule has 3 rings (SSSR count). The van der Waals surface area contributed by atoms with Crippen LogP contribution >= 0.6 is 11.6 Å². The van der Waals surface area contributed by atoms with Crippen molar-refractivity contribution in [3.05, 3.63) is 75.9 Å². The van der Waals surface area contributed by atoms with Crippen LogP contribution in [-0.4, -0.2) is 33.2 Å². The summed E-state index contributed by atoms with van der Waals surface area (Å²) >= 11 is 6.07. The molecular weight excluding hydrogens is 399 g/mol. The fraction of sp³-hybridized carbons (Fsp3) is 0.200. The van der Waals surface area contributed by atoms with Crippen LogP contribution in [0, 0.1) is 19.7 Å². The van der Waals surface area contributed by atoms with Crippen LogP contribution in [0.1, 0.15) is 27.4 Å². The van der Waals surface area contributed by atoms with E-state index in [1.807, 2.05) is 19.9 Å². The number of rotatable bonds is 6. The molecule has 0 fully saturated rings. The first-order valence-electron chi connectivity index (χ1n) is 8.72. The fourth-order valence-electron chi connectivity index (χ4n) is 2.61. The number of benzene rings is 1. The molecule has 0 bridgehead atoms. The van der Waals surface area contributed by atoms with Crippen molar-refractivity contribution in [2.45, 2.75) is 20.4 Å². The standard InChI is InChI=1S/C20H18ClFN4O3/c1-12-9-13(2)26(25-12)17-8-7-16(21)19(24-17)20(28)29-11-18(27)23-10-14-3-5-15(22)6-4-14/h3-9H,10-11H2,1-2H3,(H,23,27). The molecule has 0 saturated heterocycles. The summed E-state index contributed by atoms with van der Waals surface area (Å²) in [6.45, 7) is 3.39. The molecule has 0 unspecified atom stereocenters. The van der Waals surface area contributed by atoms with E-state index in [0.717, 1.165) is 11.4 Å². The summed E-state index contributed by atoms with van der Waals surface area (Å²) in [4.78, 5) is 28.5. The van der Waals surface area contributed by atoms with E-state index in [4.69, 9.17) is 16.3 Å². The zero-order chi connectivity index (χ0) is 21.0. The quantitative estimate of drug-likeness (QED) is 0.624. The zero-order valence-electron chi connectivity index (χ0n) is 15.8. The van der Waals surface area contributed by atoms with Crippen LogP contribution in [0.2, 0.25) is 5.02 Å². The summed E-state index contributed by atoms with van der Waals surface area (Å²) in [5, 5.41) is 7.00. The third kappa shape index (κ3) is 5.17. The van der Waals surface area contributed by atoms with Gasteiger partial charge in [-0.3, -0.25) is 4.79 Å². The van der Waals surface area contributed by atoms with Crippen LogP contribution in [0.5, 0.6) is 0 Å². The lowest BCUT2D eigenvalue weighted by Gasteiger charge is -2.09. The summed E-state index contributed by atoms with van der Waals surface area (Å²) in [5.41, 5.74) is 2.26. The number of carbonyl (C=O) groups excluding carboxylic acids is 2. The SMILES string of the molecule is Cc1cc(C)n(-c2ccc(Cl)c(C(=O)OCC(=O)NCc3ccc(F)cc3)n2)n1. The van der Waals surface area contributed by atoms with Gasteiger partial charge in [-0.2, -0.15) is 5.10 Å². The van der Waals surface area contributed by atoms with Crippen LogP contribution in [0.25, 0.3) is 5.82 Å². The van der Waals surface area contributed by atoms with Gasteiger partial charge in [0.25, 0.3) is 5.91 Å². The molecule has 1 amide bonds. The number of hydrogen-bond acceptors (Lipinski definition) is 5. The van der Waals surface area contributed by atoms with Gasteiger partial charge in [-0.1, -0.05) is 23.7 Å². The van der Waals surface area contributed by atoms with Gasteiger partial charge in [-0.05, 0) is 49.7 Å². The highest BCUT2D eigenvalue weighted by Crippen LogP contribution is 2.18. The van der Waals surface area contributed by atoms with Crippen LogP contribution in [0.4, 0.5) is 4.39 Å². The molecule has 2 aromatic heterocycles. The Bertz CT molecular complexity index is 1050. The Morgan fingerprint density at radius 1 is 1.17 bits per heavy atom. The van der Waals surface area contributed by atoms with Crippen LogP contribution in [0.15, 0.2) is 42.5 Å². The average Bonchev–Trinajstić information content (AvgIpc) is 3.04. The van der Waals surface area contributed by atoms with Gasteiger partial charge >= 0.3 is 5.97 Å². The number of halogens is 2. The number of hydrogen-bond donors (Lipinski definition) is 1. The molecule has 1 N–H and O–H groups in total. The molecule has 0 aliphatic rings. The first kappa shape index (κ1) is 20.5. The Balaban J connectivity index is 1.61. The maximum Gasteiger partial charge on any atom is 0.359 e. The summed E-state index contributed by atoms with van der Waals surface area (Å²) in [6.07, 6.45) is 0. The third-order valence-corrected chi connectivity index (χ3v) is 4.29. The highest BCUT2D eigenvalue weighted by molar-refractivity contribution is 6.33. The van der Waals surface area contributed by atoms with E-state index in [1.54, 1.807) is 22.9 Å². The van der Waals surface area contributed by atoms with Crippen molar-refractivity contribution in [2.75, 3.05) is 6.61 Å². The number of pyridine rings is 1. The van der Waals surface area contributed by atoms with Crippen molar-refractivity contribution in [2.24, 2.45) is 0 Å². The minimum absolute atomic E-state index is 0.104. The number of aryl methyl sites for hydroxylation is 2. The second kappa shape index (κ2) is 8.83. The van der Waals surface area contributed by atoms with E-state index < -0.39 is 18.5 Å². The van der Waals surface area contributed by atoms with Gasteiger partial charge in [-0.15, -0.1) is 0 Å². The molecule has 0 spiro atoms. The molecule has 0 atom stereocenters. The van der Waals surface area contributed by atoms with E-state index in [1.165, 1.54) is 18.2 Å². The molecule has 9 heteroatoms. The first-order valence-corrected chi connectivity index (χ1v) is 9.10. The maximum atomic E-state index is 12.9. The van der Waals surface area contributed by atoms with E-state index in [9.17, 15) is 14.0 Å². The molecule has 1 aromatic carbocycles. The summed E-state index contributed by atoms with van der Waals surface area (Å²) in [6, 6.07) is 10.7. The second-order valence-corrected chi connectivity index (χ2v) is 6.73. The normalized spacial score (nSPS) is 10.6. The number of nitrogens with one attached hydrogen (secondary N) is 1. The Kier molecular flexibility index (Phi) is 6.23. The monoisotopic (exact) mass is 416 g/mol. The first-order chi connectivity index (χ1) is 13.8. The number of aromatic nitrogens is 3. The molecule has 0 aliphatic heterocycles. The van der Waals surface area contributed by atoms with E-state index in [2.05, 4.69) is 15.4 Å². The predicted octanol–water partition coefficient (Wildman–Crippen LogP) is 3.15. The average molecular weight is 417 g/mol. The number of amides is 1. The molecule has 150 valence electrons. The largest absolute Gasteiger partial charge is 0.451 e. The van der Waals surface area contributed by atoms with E-state index in [-0.39, 0.29) is 23.1 Å². The van der Waals surface area contributed by atoms with E-state index >= 15 is 0 Å². The Hall–Kier alpha value is -3.26. The smallest absolute Gasteiger partial charge is 0.359 e. The second-order valence-electron chi connectivity index (χ2n) is 6.32. The van der Waals surface area contributed by atoms with Crippen molar-refractivity contribution in [3.8, 4) is 5.82 Å². The van der Waals surface area contributed by atoms with Crippen molar-refractivity contribution in [1.29, 1.82) is 0 Å². The number of ether oxygens (including phenoxy) is 1. The Labute approximate surface area is 171 Å². The van der Waals surface area contributed by atoms with Gasteiger partial charge in [0.15, 0.2) is 18.1 Å². The minimum Gasteiger partial charge on any atom is -0.451 e. The fourth-order valence-corrected chi connectivity index (χ4v) is 2.79. The molecule has 29 heavy (non-hydrogen) atoms. The predicted molar refractivity (Wildman–Crippen MR) is 104 cm³/mol. The molecular formula is C20H18ClFN4O3. The highest BCUT2D eigenvalue weighted by atomic mass is 35.5. The van der Waals surface area contributed by atoms with Crippen LogP contribution in [0.3, 0.4) is 0 Å². The van der Waals surface area contributed by atoms with Gasteiger partial charge in [-0.25, -0.2) is 18.9 Å². The molecule has 7 nitrogen and oxygen atoms in total. The Morgan fingerprint density at radius 2 is 1.90 bits per heavy atom. The third-order valence-electron chi connectivity index (χ3n) is 3.99. The number of nitrogens with zero attached hydrogens (tertiary/aromatic N) is 3. The van der Waals surface area contributed by atoms with Crippen molar-refractivity contribution >= 4 is 23.5 Å². The van der Waals surface area contributed by atoms with Gasteiger partial charge in [0.1, 0.15) is 5.82 Å². The van der Waals surface area contributed by atoms with Gasteiger partial charge < -0.3 is 10.1 Å². The van der Waals surface area contributed by atoms with Gasteiger partial charge in [0, 0.05) is 12.2 Å². The molecule has 0 radical (unpaired) electrons. The highest BCUT2D eigenvalue weighted by Gasteiger charge is 2.18. The van der Waals surface area contributed by atoms with Crippen molar-refractivity contribution in [1.82, 2.24) is 20.1 Å². The molecule has 0 aliphatic carbocycles. The maximum absolute atomic E-state index is 12.9. The van der Waals surface area contributed by atoms with Crippen LogP contribution in [-0.2, 0) is 16.1 Å². The molecule has 3 aromatic rings. The summed E-state index contributed by atoms with van der Waals surface area (Å²) in [7, 11) is 0.